The Hall–Kier alpha value is -1.46. The molecule has 0 aliphatic carbocycles. The topological polar surface area (TPSA) is 79.5 Å². The van der Waals surface area contributed by atoms with Crippen molar-refractivity contribution in [1.82, 2.24) is 9.88 Å². The van der Waals surface area contributed by atoms with Crippen LogP contribution in [-0.4, -0.2) is 39.1 Å². The molecule has 3 heterocycles. The first-order valence-corrected chi connectivity index (χ1v) is 6.84. The van der Waals surface area contributed by atoms with Gasteiger partial charge in [-0.1, -0.05) is 0 Å². The van der Waals surface area contributed by atoms with Crippen molar-refractivity contribution in [2.45, 2.75) is 50.4 Å². The smallest absolute Gasteiger partial charge is 0.254 e. The van der Waals surface area contributed by atoms with Crippen molar-refractivity contribution in [2.24, 2.45) is 5.73 Å². The summed E-state index contributed by atoms with van der Waals surface area (Å²) >= 11 is 0. The molecule has 5 heteroatoms. The zero-order valence-corrected chi connectivity index (χ0v) is 10.8. The summed E-state index contributed by atoms with van der Waals surface area (Å²) < 4.78 is 0. The number of nitrogens with zero attached hydrogens (tertiary/aromatic N) is 2. The van der Waals surface area contributed by atoms with Gasteiger partial charge >= 0.3 is 0 Å². The second-order valence-corrected chi connectivity index (χ2v) is 5.46. The molecule has 1 amide bonds. The van der Waals surface area contributed by atoms with Crippen molar-refractivity contribution in [3.8, 4) is 0 Å². The third kappa shape index (κ3) is 2.24. The van der Waals surface area contributed by atoms with Crippen molar-refractivity contribution < 1.29 is 9.90 Å². The molecule has 2 atom stereocenters. The molecule has 0 spiro atoms. The highest BCUT2D eigenvalue weighted by atomic mass is 16.3. The highest BCUT2D eigenvalue weighted by molar-refractivity contribution is 5.95. The number of fused-ring (bicyclic) bond motifs is 2. The van der Waals surface area contributed by atoms with Crippen LogP contribution in [0.4, 0.5) is 0 Å². The maximum absolute atomic E-state index is 12.6. The van der Waals surface area contributed by atoms with Crippen molar-refractivity contribution in [2.75, 3.05) is 0 Å². The molecule has 2 unspecified atom stereocenters. The Kier molecular flexibility index (Phi) is 3.24. The van der Waals surface area contributed by atoms with Gasteiger partial charge in [0.1, 0.15) is 0 Å². The molecule has 1 aromatic heterocycles. The van der Waals surface area contributed by atoms with Gasteiger partial charge in [-0.2, -0.15) is 0 Å². The molecule has 102 valence electrons. The number of nitrogens with two attached hydrogens (primary N) is 1. The molecule has 2 bridgehead atoms. The molecule has 2 saturated heterocycles. The summed E-state index contributed by atoms with van der Waals surface area (Å²) in [4.78, 5) is 18.7. The van der Waals surface area contributed by atoms with Gasteiger partial charge in [-0.15, -0.1) is 0 Å². The predicted molar refractivity (Wildman–Crippen MR) is 70.3 cm³/mol. The minimum Gasteiger partial charge on any atom is -0.393 e. The van der Waals surface area contributed by atoms with Gasteiger partial charge in [-0.05, 0) is 37.8 Å². The predicted octanol–water partition coefficient (Wildman–Crippen LogP) is 0.668. The number of aromatic nitrogens is 1. The zero-order valence-electron chi connectivity index (χ0n) is 10.8. The van der Waals surface area contributed by atoms with Crippen LogP contribution in [0.3, 0.4) is 0 Å². The molecular weight excluding hydrogens is 242 g/mol. The number of pyridine rings is 1. The van der Waals surface area contributed by atoms with Crippen LogP contribution in [-0.2, 0) is 6.54 Å². The first-order chi connectivity index (χ1) is 9.19. The number of rotatable bonds is 2. The third-order valence-electron chi connectivity index (χ3n) is 4.22. The van der Waals surface area contributed by atoms with E-state index >= 15 is 0 Å². The fraction of sp³-hybridized carbons (Fsp3) is 0.571. The summed E-state index contributed by atoms with van der Waals surface area (Å²) in [6, 6.07) is 3.89. The van der Waals surface area contributed by atoms with E-state index in [0.717, 1.165) is 18.5 Å². The van der Waals surface area contributed by atoms with E-state index in [1.165, 1.54) is 0 Å². The molecule has 0 aromatic carbocycles. The molecule has 1 aromatic rings. The van der Waals surface area contributed by atoms with Gasteiger partial charge in [0.2, 0.25) is 0 Å². The molecule has 3 rings (SSSR count). The highest BCUT2D eigenvalue weighted by Gasteiger charge is 2.42. The van der Waals surface area contributed by atoms with E-state index in [0.29, 0.717) is 24.9 Å². The van der Waals surface area contributed by atoms with Crippen LogP contribution in [0.15, 0.2) is 18.3 Å². The lowest BCUT2D eigenvalue weighted by Crippen LogP contribution is -2.48. The Morgan fingerprint density at radius 2 is 2.11 bits per heavy atom. The number of carbonyl (C=O) groups excluding carboxylic acids is 1. The normalized spacial score (nSPS) is 29.6. The highest BCUT2D eigenvalue weighted by Crippen LogP contribution is 2.36. The first kappa shape index (κ1) is 12.6. The van der Waals surface area contributed by atoms with E-state index in [9.17, 15) is 9.90 Å². The lowest BCUT2D eigenvalue weighted by Gasteiger charge is -2.37. The minimum absolute atomic E-state index is 0.0523. The molecular formula is C14H19N3O2. The second kappa shape index (κ2) is 4.90. The number of hydrogen-bond donors (Lipinski definition) is 2. The zero-order chi connectivity index (χ0) is 13.4. The number of aliphatic hydroxyl groups is 1. The Morgan fingerprint density at radius 3 is 2.74 bits per heavy atom. The average molecular weight is 261 g/mol. The fourth-order valence-electron chi connectivity index (χ4n) is 3.35. The standard InChI is InChI=1S/C14H19N3O2/c15-8-10-5-9(3-4-16-10)14(19)17-11-1-2-12(17)7-13(18)6-11/h3-5,11-13,18H,1-2,6-8,15H2. The van der Waals surface area contributed by atoms with E-state index in [-0.39, 0.29) is 24.1 Å². The van der Waals surface area contributed by atoms with Crippen LogP contribution < -0.4 is 5.73 Å². The largest absolute Gasteiger partial charge is 0.393 e. The summed E-state index contributed by atoms with van der Waals surface area (Å²) in [5, 5.41) is 9.78. The maximum Gasteiger partial charge on any atom is 0.254 e. The van der Waals surface area contributed by atoms with E-state index in [4.69, 9.17) is 5.73 Å². The fourth-order valence-corrected chi connectivity index (χ4v) is 3.35. The van der Waals surface area contributed by atoms with Gasteiger partial charge in [0.15, 0.2) is 0 Å². The van der Waals surface area contributed by atoms with E-state index < -0.39 is 0 Å². The van der Waals surface area contributed by atoms with Crippen molar-refractivity contribution >= 4 is 5.91 Å². The Morgan fingerprint density at radius 1 is 1.42 bits per heavy atom. The summed E-state index contributed by atoms with van der Waals surface area (Å²) in [5.74, 6) is 0.0523. The Labute approximate surface area is 112 Å². The maximum atomic E-state index is 12.6. The van der Waals surface area contributed by atoms with Crippen LogP contribution in [0.1, 0.15) is 41.7 Å². The van der Waals surface area contributed by atoms with Crippen LogP contribution in [0.5, 0.6) is 0 Å². The van der Waals surface area contributed by atoms with Crippen molar-refractivity contribution in [3.05, 3.63) is 29.6 Å². The van der Waals surface area contributed by atoms with E-state index in [1.54, 1.807) is 18.3 Å². The lowest BCUT2D eigenvalue weighted by molar-refractivity contribution is 0.0286. The molecule has 2 aliphatic rings. The molecule has 2 fully saturated rings. The van der Waals surface area contributed by atoms with Crippen LogP contribution >= 0.6 is 0 Å². The number of amides is 1. The summed E-state index contributed by atoms with van der Waals surface area (Å²) in [6.45, 7) is 0.340. The van der Waals surface area contributed by atoms with E-state index in [1.807, 2.05) is 4.90 Å². The SMILES string of the molecule is NCc1cc(C(=O)N2C3CCC2CC(O)C3)ccn1. The first-order valence-electron chi connectivity index (χ1n) is 6.84. The van der Waals surface area contributed by atoms with Gasteiger partial charge in [0.05, 0.1) is 11.8 Å². The molecule has 2 aliphatic heterocycles. The van der Waals surface area contributed by atoms with Gasteiger partial charge in [0.25, 0.3) is 5.91 Å². The lowest BCUT2D eigenvalue weighted by atomic mass is 9.99. The van der Waals surface area contributed by atoms with Crippen LogP contribution in [0, 0.1) is 0 Å². The number of aliphatic hydroxyl groups excluding tert-OH is 1. The average Bonchev–Trinajstić information content (AvgIpc) is 2.70. The van der Waals surface area contributed by atoms with Crippen molar-refractivity contribution in [1.29, 1.82) is 0 Å². The van der Waals surface area contributed by atoms with Gasteiger partial charge in [-0.3, -0.25) is 9.78 Å². The Bertz CT molecular complexity index is 477. The van der Waals surface area contributed by atoms with Gasteiger partial charge < -0.3 is 15.7 Å². The van der Waals surface area contributed by atoms with E-state index in [2.05, 4.69) is 4.98 Å². The van der Waals surface area contributed by atoms with Gasteiger partial charge in [-0.25, -0.2) is 0 Å². The summed E-state index contributed by atoms with van der Waals surface area (Å²) in [6.07, 6.45) is 4.80. The van der Waals surface area contributed by atoms with Crippen LogP contribution in [0.2, 0.25) is 0 Å². The molecule has 3 N–H and O–H groups in total. The monoisotopic (exact) mass is 261 g/mol. The quantitative estimate of drug-likeness (QED) is 0.820. The molecule has 19 heavy (non-hydrogen) atoms. The number of carbonyl (C=O) groups is 1. The van der Waals surface area contributed by atoms with Crippen molar-refractivity contribution in [3.63, 3.8) is 0 Å². The summed E-state index contributed by atoms with van der Waals surface area (Å²) in [5.41, 5.74) is 6.95. The second-order valence-electron chi connectivity index (χ2n) is 5.46. The molecule has 0 saturated carbocycles. The van der Waals surface area contributed by atoms with Gasteiger partial charge in [0, 0.05) is 30.4 Å². The molecule has 5 nitrogen and oxygen atoms in total. The minimum atomic E-state index is -0.251. The number of hydrogen-bond acceptors (Lipinski definition) is 4. The Balaban J connectivity index is 1.84. The third-order valence-corrected chi connectivity index (χ3v) is 4.22. The molecule has 0 radical (unpaired) electrons. The van der Waals surface area contributed by atoms with Crippen LogP contribution in [0.25, 0.3) is 0 Å². The number of piperidine rings is 1. The summed E-state index contributed by atoms with van der Waals surface area (Å²) in [7, 11) is 0.